The molecule has 3 aromatic carbocycles. The lowest BCUT2D eigenvalue weighted by Crippen LogP contribution is -2.50. The number of hydrogen-bond donors (Lipinski definition) is 0. The number of amides is 2. The Labute approximate surface area is 185 Å². The molecule has 4 rings (SSSR count). The Hall–Kier alpha value is -3.23. The van der Waals surface area contributed by atoms with E-state index in [4.69, 9.17) is 21.1 Å². The number of carbonyl (C=O) groups excluding carboxylic acids is 1. The van der Waals surface area contributed by atoms with Crippen LogP contribution >= 0.6 is 11.6 Å². The number of carbonyl (C=O) groups is 1. The Morgan fingerprint density at radius 3 is 2.35 bits per heavy atom. The molecule has 0 bridgehead atoms. The summed E-state index contributed by atoms with van der Waals surface area (Å²) in [5, 5.41) is 0.527. The zero-order chi connectivity index (χ0) is 22.2. The maximum atomic E-state index is 13.5. The number of urea groups is 1. The molecule has 0 spiro atoms. The van der Waals surface area contributed by atoms with Crippen molar-refractivity contribution in [3.05, 3.63) is 77.3 Å². The van der Waals surface area contributed by atoms with Gasteiger partial charge in [0.25, 0.3) is 10.0 Å². The Morgan fingerprint density at radius 2 is 1.65 bits per heavy atom. The number of fused-ring (bicyclic) bond motifs is 1. The van der Waals surface area contributed by atoms with Crippen molar-refractivity contribution in [2.45, 2.75) is 11.4 Å². The Balaban J connectivity index is 1.86. The number of nitrogens with zero attached hydrogens (tertiary/aromatic N) is 2. The molecule has 9 heteroatoms. The van der Waals surface area contributed by atoms with Gasteiger partial charge in [-0.2, -0.15) is 4.31 Å². The van der Waals surface area contributed by atoms with Crippen LogP contribution in [0.4, 0.5) is 16.2 Å². The van der Waals surface area contributed by atoms with Crippen molar-refractivity contribution in [2.24, 2.45) is 0 Å². The quantitative estimate of drug-likeness (QED) is 0.554. The summed E-state index contributed by atoms with van der Waals surface area (Å²) in [4.78, 5) is 15.0. The van der Waals surface area contributed by atoms with Gasteiger partial charge in [0.2, 0.25) is 0 Å². The minimum absolute atomic E-state index is 0.0337. The maximum absolute atomic E-state index is 13.5. The van der Waals surface area contributed by atoms with Gasteiger partial charge in [-0.15, -0.1) is 0 Å². The highest BCUT2D eigenvalue weighted by atomic mass is 35.5. The van der Waals surface area contributed by atoms with E-state index in [9.17, 15) is 13.2 Å². The SMILES string of the molecule is COc1ccc(N2C(=O)N(Cc3cccc(Cl)c3)c3ccccc3S2(=O)=O)cc1OC. The molecule has 3 aromatic rings. The van der Waals surface area contributed by atoms with Gasteiger partial charge >= 0.3 is 6.03 Å². The van der Waals surface area contributed by atoms with Crippen LogP contribution in [0.1, 0.15) is 5.56 Å². The van der Waals surface area contributed by atoms with E-state index in [-0.39, 0.29) is 17.1 Å². The molecular weight excluding hydrogens is 440 g/mol. The van der Waals surface area contributed by atoms with Crippen molar-refractivity contribution in [3.63, 3.8) is 0 Å². The molecule has 1 aliphatic rings. The molecule has 7 nitrogen and oxygen atoms in total. The summed E-state index contributed by atoms with van der Waals surface area (Å²) in [5.74, 6) is 0.729. The largest absolute Gasteiger partial charge is 0.493 e. The maximum Gasteiger partial charge on any atom is 0.343 e. The van der Waals surface area contributed by atoms with E-state index in [1.807, 2.05) is 6.07 Å². The Morgan fingerprint density at radius 1 is 0.903 bits per heavy atom. The molecule has 0 aliphatic carbocycles. The summed E-state index contributed by atoms with van der Waals surface area (Å²) in [7, 11) is -1.23. The number of methoxy groups -OCH3 is 2. The normalized spacial score (nSPS) is 14.9. The number of hydrogen-bond acceptors (Lipinski definition) is 5. The van der Waals surface area contributed by atoms with Gasteiger partial charge in [-0.25, -0.2) is 13.2 Å². The Kier molecular flexibility index (Phi) is 5.51. The van der Waals surface area contributed by atoms with Crippen molar-refractivity contribution < 1.29 is 22.7 Å². The predicted molar refractivity (Wildman–Crippen MR) is 119 cm³/mol. The number of ether oxygens (including phenoxy) is 2. The highest BCUT2D eigenvalue weighted by Crippen LogP contribution is 2.40. The first-order chi connectivity index (χ1) is 14.9. The Bertz CT molecular complexity index is 1260. The second-order valence-corrected chi connectivity index (χ2v) is 8.97. The zero-order valence-corrected chi connectivity index (χ0v) is 18.4. The molecular formula is C22H19ClN2O5S. The van der Waals surface area contributed by atoms with Crippen molar-refractivity contribution in [1.82, 2.24) is 0 Å². The molecule has 0 fully saturated rings. The summed E-state index contributed by atoms with van der Waals surface area (Å²) in [6.45, 7) is 0.149. The molecule has 1 heterocycles. The van der Waals surface area contributed by atoms with E-state index in [0.29, 0.717) is 22.2 Å². The van der Waals surface area contributed by atoms with Gasteiger partial charge in [-0.1, -0.05) is 35.9 Å². The van der Waals surface area contributed by atoms with E-state index in [1.54, 1.807) is 42.5 Å². The van der Waals surface area contributed by atoms with Gasteiger partial charge in [-0.05, 0) is 42.0 Å². The minimum atomic E-state index is -4.14. The van der Waals surface area contributed by atoms with Gasteiger partial charge < -0.3 is 9.47 Å². The van der Waals surface area contributed by atoms with Crippen LogP contribution in [-0.2, 0) is 16.6 Å². The van der Waals surface area contributed by atoms with E-state index < -0.39 is 16.1 Å². The summed E-state index contributed by atoms with van der Waals surface area (Å²) in [5.41, 5.74) is 1.22. The lowest BCUT2D eigenvalue weighted by molar-refractivity contribution is 0.253. The summed E-state index contributed by atoms with van der Waals surface area (Å²) >= 11 is 6.10. The first kappa shape index (κ1) is 21.0. The molecule has 160 valence electrons. The monoisotopic (exact) mass is 458 g/mol. The minimum Gasteiger partial charge on any atom is -0.493 e. The topological polar surface area (TPSA) is 76.2 Å². The number of rotatable bonds is 5. The van der Waals surface area contributed by atoms with Crippen LogP contribution in [0.5, 0.6) is 11.5 Å². The fourth-order valence-corrected chi connectivity index (χ4v) is 5.28. The summed E-state index contributed by atoms with van der Waals surface area (Å²) < 4.78 is 38.1. The van der Waals surface area contributed by atoms with Crippen LogP contribution in [0.3, 0.4) is 0 Å². The third-order valence-electron chi connectivity index (χ3n) is 4.91. The van der Waals surface area contributed by atoms with Gasteiger partial charge in [0.05, 0.1) is 32.1 Å². The number of para-hydroxylation sites is 1. The summed E-state index contributed by atoms with van der Waals surface area (Å²) in [6.07, 6.45) is 0. The second kappa shape index (κ2) is 8.13. The van der Waals surface area contributed by atoms with Crippen molar-refractivity contribution in [1.29, 1.82) is 0 Å². The van der Waals surface area contributed by atoms with Crippen LogP contribution in [0.15, 0.2) is 71.6 Å². The molecule has 0 N–H and O–H groups in total. The second-order valence-electron chi connectivity index (χ2n) is 6.78. The molecule has 0 radical (unpaired) electrons. The molecule has 0 unspecified atom stereocenters. The fraction of sp³-hybridized carbons (Fsp3) is 0.136. The van der Waals surface area contributed by atoms with Crippen LogP contribution < -0.4 is 18.7 Å². The number of halogens is 1. The molecule has 0 aromatic heterocycles. The molecule has 2 amide bonds. The molecule has 0 saturated heterocycles. The highest BCUT2D eigenvalue weighted by Gasteiger charge is 2.42. The number of benzene rings is 3. The molecule has 0 atom stereocenters. The molecule has 0 saturated carbocycles. The highest BCUT2D eigenvalue weighted by molar-refractivity contribution is 7.94. The fourth-order valence-electron chi connectivity index (χ4n) is 3.48. The third-order valence-corrected chi connectivity index (χ3v) is 6.89. The molecule has 31 heavy (non-hydrogen) atoms. The van der Waals surface area contributed by atoms with Crippen molar-refractivity contribution in [3.8, 4) is 11.5 Å². The third kappa shape index (κ3) is 3.68. The lowest BCUT2D eigenvalue weighted by atomic mass is 10.2. The number of sulfonamides is 1. The van der Waals surface area contributed by atoms with Gasteiger partial charge in [0, 0.05) is 11.1 Å². The average molecular weight is 459 g/mol. The first-order valence-electron chi connectivity index (χ1n) is 9.29. The van der Waals surface area contributed by atoms with E-state index in [0.717, 1.165) is 9.87 Å². The van der Waals surface area contributed by atoms with Gasteiger partial charge in [0.15, 0.2) is 11.5 Å². The van der Waals surface area contributed by atoms with Gasteiger partial charge in [0.1, 0.15) is 4.90 Å². The van der Waals surface area contributed by atoms with Crippen LogP contribution in [0.25, 0.3) is 0 Å². The van der Waals surface area contributed by atoms with Crippen LogP contribution in [-0.4, -0.2) is 28.7 Å². The van der Waals surface area contributed by atoms with Crippen LogP contribution in [0.2, 0.25) is 5.02 Å². The lowest BCUT2D eigenvalue weighted by Gasteiger charge is -2.36. The summed E-state index contributed by atoms with van der Waals surface area (Å²) in [6, 6.07) is 17.3. The van der Waals surface area contributed by atoms with E-state index in [1.165, 1.54) is 37.3 Å². The van der Waals surface area contributed by atoms with Crippen LogP contribution in [0, 0.1) is 0 Å². The zero-order valence-electron chi connectivity index (χ0n) is 16.8. The van der Waals surface area contributed by atoms with E-state index >= 15 is 0 Å². The average Bonchev–Trinajstić information content (AvgIpc) is 2.76. The first-order valence-corrected chi connectivity index (χ1v) is 11.1. The van der Waals surface area contributed by atoms with Crippen molar-refractivity contribution in [2.75, 3.05) is 23.4 Å². The predicted octanol–water partition coefficient (Wildman–Crippen LogP) is 4.69. The standard InChI is InChI=1S/C22H19ClN2O5S/c1-29-19-11-10-17(13-20(19)30-2)25-22(26)24(14-15-6-5-7-16(23)12-15)18-8-3-4-9-21(18)31(25,27)28/h3-13H,14H2,1-2H3. The van der Waals surface area contributed by atoms with Crippen molar-refractivity contribution >= 4 is 39.0 Å². The van der Waals surface area contributed by atoms with Gasteiger partial charge in [-0.3, -0.25) is 4.90 Å². The number of anilines is 2. The molecule has 1 aliphatic heterocycles. The smallest absolute Gasteiger partial charge is 0.343 e. The van der Waals surface area contributed by atoms with E-state index in [2.05, 4.69) is 0 Å².